The molecule has 4 atom stereocenters. The van der Waals surface area contributed by atoms with Crippen molar-refractivity contribution < 1.29 is 9.90 Å². The molecule has 1 aromatic heterocycles. The van der Waals surface area contributed by atoms with E-state index >= 15 is 0 Å². The Bertz CT molecular complexity index is 678. The molecule has 4 rings (SSSR count). The number of aliphatic hydroxyl groups excluding tert-OH is 1. The van der Waals surface area contributed by atoms with Gasteiger partial charge in [-0.3, -0.25) is 4.79 Å². The molecule has 2 aliphatic carbocycles. The molecule has 2 saturated carbocycles. The van der Waals surface area contributed by atoms with Crippen LogP contribution in [0.15, 0.2) is 30.5 Å². The highest BCUT2D eigenvalue weighted by molar-refractivity contribution is 6.06. The largest absolute Gasteiger partial charge is 0.396 e. The fourth-order valence-corrected chi connectivity index (χ4v) is 4.39. The number of aromatic amines is 1. The van der Waals surface area contributed by atoms with Crippen LogP contribution >= 0.6 is 0 Å². The van der Waals surface area contributed by atoms with Gasteiger partial charge in [0.25, 0.3) is 5.91 Å². The molecule has 1 aromatic carbocycles. The molecule has 1 amide bonds. The normalized spacial score (nSPS) is 30.9. The van der Waals surface area contributed by atoms with Gasteiger partial charge >= 0.3 is 0 Å². The Morgan fingerprint density at radius 3 is 2.95 bits per heavy atom. The van der Waals surface area contributed by atoms with Crippen molar-refractivity contribution in [1.82, 2.24) is 10.3 Å². The van der Waals surface area contributed by atoms with Crippen LogP contribution in [0.25, 0.3) is 10.9 Å². The molecule has 0 spiro atoms. The van der Waals surface area contributed by atoms with Gasteiger partial charge in [0, 0.05) is 35.7 Å². The second kappa shape index (κ2) is 4.88. The highest BCUT2D eigenvalue weighted by atomic mass is 16.3. The van der Waals surface area contributed by atoms with Crippen LogP contribution in [-0.2, 0) is 0 Å². The van der Waals surface area contributed by atoms with Crippen molar-refractivity contribution in [3.63, 3.8) is 0 Å². The van der Waals surface area contributed by atoms with E-state index in [1.807, 2.05) is 24.3 Å². The van der Waals surface area contributed by atoms with Gasteiger partial charge in [0.15, 0.2) is 0 Å². The van der Waals surface area contributed by atoms with Crippen LogP contribution in [-0.4, -0.2) is 28.6 Å². The van der Waals surface area contributed by atoms with Gasteiger partial charge in [-0.25, -0.2) is 0 Å². The third kappa shape index (κ3) is 1.97. The van der Waals surface area contributed by atoms with Crippen LogP contribution in [0.5, 0.6) is 0 Å². The predicted octanol–water partition coefficient (Wildman–Crippen LogP) is 2.30. The first-order chi connectivity index (χ1) is 10.3. The van der Waals surface area contributed by atoms with Gasteiger partial charge in [-0.2, -0.15) is 0 Å². The summed E-state index contributed by atoms with van der Waals surface area (Å²) in [5, 5.41) is 13.8. The van der Waals surface area contributed by atoms with Gasteiger partial charge in [0.2, 0.25) is 0 Å². The molecular weight excluding hydrogens is 264 g/mol. The molecule has 4 heteroatoms. The molecule has 2 aliphatic rings. The summed E-state index contributed by atoms with van der Waals surface area (Å²) < 4.78 is 0. The summed E-state index contributed by atoms with van der Waals surface area (Å²) in [6.07, 6.45) is 5.32. The first-order valence-corrected chi connectivity index (χ1v) is 7.75. The number of para-hydroxylation sites is 1. The molecule has 0 unspecified atom stereocenters. The summed E-state index contributed by atoms with van der Waals surface area (Å²) in [5.41, 5.74) is 1.68. The van der Waals surface area contributed by atoms with Crippen molar-refractivity contribution in [2.24, 2.45) is 17.8 Å². The molecule has 4 nitrogen and oxygen atoms in total. The number of hydrogen-bond acceptors (Lipinski definition) is 2. The van der Waals surface area contributed by atoms with E-state index in [0.717, 1.165) is 17.3 Å². The molecule has 110 valence electrons. The van der Waals surface area contributed by atoms with Crippen molar-refractivity contribution in [3.05, 3.63) is 36.0 Å². The number of aliphatic hydroxyl groups is 1. The Hall–Kier alpha value is -1.81. The third-order valence-corrected chi connectivity index (χ3v) is 5.43. The van der Waals surface area contributed by atoms with Crippen molar-refractivity contribution in [3.8, 4) is 0 Å². The Kier molecular flexibility index (Phi) is 3.00. The summed E-state index contributed by atoms with van der Waals surface area (Å²) >= 11 is 0. The number of aromatic nitrogens is 1. The van der Waals surface area contributed by atoms with E-state index in [1.165, 1.54) is 12.8 Å². The zero-order valence-electron chi connectivity index (χ0n) is 11.9. The molecule has 2 bridgehead atoms. The van der Waals surface area contributed by atoms with E-state index in [-0.39, 0.29) is 24.5 Å². The summed E-state index contributed by atoms with van der Waals surface area (Å²) in [6, 6.07) is 7.97. The first-order valence-electron chi connectivity index (χ1n) is 7.75. The average Bonchev–Trinajstić information content (AvgIpc) is 3.20. The van der Waals surface area contributed by atoms with Gasteiger partial charge in [-0.05, 0) is 37.2 Å². The standard InChI is InChI=1S/C17H20N2O2/c20-9-14-10-5-6-11(7-10)16(14)19-17(21)13-8-18-15-4-2-1-3-12(13)15/h1-4,8,10-11,14,16,18,20H,5-7,9H2,(H,19,21)/t10-,11-,14+,16+/m0/s1. The Labute approximate surface area is 123 Å². The zero-order chi connectivity index (χ0) is 14.4. The van der Waals surface area contributed by atoms with Gasteiger partial charge in [0.1, 0.15) is 0 Å². The molecule has 3 N–H and O–H groups in total. The number of carbonyl (C=O) groups is 1. The molecule has 0 aliphatic heterocycles. The minimum Gasteiger partial charge on any atom is -0.396 e. The van der Waals surface area contributed by atoms with E-state index in [2.05, 4.69) is 10.3 Å². The molecule has 2 aromatic rings. The highest BCUT2D eigenvalue weighted by Crippen LogP contribution is 2.48. The van der Waals surface area contributed by atoms with Crippen LogP contribution in [0.4, 0.5) is 0 Å². The SMILES string of the molecule is O=C(N[C@@H]1[C@H]2CC[C@@H](C2)[C@H]1CO)c1c[nH]c2ccccc12. The molecular formula is C17H20N2O2. The van der Waals surface area contributed by atoms with Gasteiger partial charge in [-0.15, -0.1) is 0 Å². The minimum absolute atomic E-state index is 0.0246. The van der Waals surface area contributed by atoms with Crippen LogP contribution < -0.4 is 5.32 Å². The maximum atomic E-state index is 12.6. The van der Waals surface area contributed by atoms with Crippen LogP contribution in [0.3, 0.4) is 0 Å². The van der Waals surface area contributed by atoms with E-state index in [1.54, 1.807) is 6.20 Å². The first kappa shape index (κ1) is 12.9. The number of nitrogens with one attached hydrogen (secondary N) is 2. The maximum Gasteiger partial charge on any atom is 0.253 e. The van der Waals surface area contributed by atoms with Crippen molar-refractivity contribution >= 4 is 16.8 Å². The van der Waals surface area contributed by atoms with Crippen LogP contribution in [0, 0.1) is 17.8 Å². The van der Waals surface area contributed by atoms with Gasteiger partial charge in [-0.1, -0.05) is 18.2 Å². The molecule has 2 fully saturated rings. The second-order valence-electron chi connectivity index (χ2n) is 6.43. The summed E-state index contributed by atoms with van der Waals surface area (Å²) in [6.45, 7) is 0.181. The van der Waals surface area contributed by atoms with Crippen molar-refractivity contribution in [2.75, 3.05) is 6.61 Å². The number of rotatable bonds is 3. The van der Waals surface area contributed by atoms with Crippen LogP contribution in [0.2, 0.25) is 0 Å². The molecule has 1 heterocycles. The number of fused-ring (bicyclic) bond motifs is 3. The van der Waals surface area contributed by atoms with E-state index in [0.29, 0.717) is 17.4 Å². The number of carbonyl (C=O) groups excluding carboxylic acids is 1. The number of benzene rings is 1. The highest BCUT2D eigenvalue weighted by Gasteiger charge is 2.47. The topological polar surface area (TPSA) is 65.1 Å². The van der Waals surface area contributed by atoms with Gasteiger partial charge < -0.3 is 15.4 Å². The Morgan fingerprint density at radius 2 is 2.10 bits per heavy atom. The van der Waals surface area contributed by atoms with Gasteiger partial charge in [0.05, 0.1) is 5.56 Å². The number of H-pyrrole nitrogens is 1. The van der Waals surface area contributed by atoms with Crippen molar-refractivity contribution in [1.29, 1.82) is 0 Å². The Morgan fingerprint density at radius 1 is 1.29 bits per heavy atom. The lowest BCUT2D eigenvalue weighted by Gasteiger charge is -2.30. The van der Waals surface area contributed by atoms with Crippen LogP contribution in [0.1, 0.15) is 29.6 Å². The van der Waals surface area contributed by atoms with E-state index in [4.69, 9.17) is 0 Å². The lowest BCUT2D eigenvalue weighted by atomic mass is 9.85. The average molecular weight is 284 g/mol. The summed E-state index contributed by atoms with van der Waals surface area (Å²) in [5.74, 6) is 1.34. The fourth-order valence-electron chi connectivity index (χ4n) is 4.39. The van der Waals surface area contributed by atoms with E-state index < -0.39 is 0 Å². The summed E-state index contributed by atoms with van der Waals surface area (Å²) in [4.78, 5) is 15.7. The lowest BCUT2D eigenvalue weighted by molar-refractivity contribution is 0.0863. The number of amides is 1. The number of hydrogen-bond donors (Lipinski definition) is 3. The predicted molar refractivity (Wildman–Crippen MR) is 81.0 cm³/mol. The summed E-state index contributed by atoms with van der Waals surface area (Å²) in [7, 11) is 0. The minimum atomic E-state index is -0.0246. The molecule has 0 radical (unpaired) electrons. The lowest BCUT2D eigenvalue weighted by Crippen LogP contribution is -2.45. The molecule has 21 heavy (non-hydrogen) atoms. The Balaban J connectivity index is 1.58. The second-order valence-corrected chi connectivity index (χ2v) is 6.43. The zero-order valence-corrected chi connectivity index (χ0v) is 11.9. The van der Waals surface area contributed by atoms with Crippen molar-refractivity contribution in [2.45, 2.75) is 25.3 Å². The fraction of sp³-hybridized carbons (Fsp3) is 0.471. The third-order valence-electron chi connectivity index (χ3n) is 5.43. The maximum absolute atomic E-state index is 12.6. The quantitative estimate of drug-likeness (QED) is 0.809. The van der Waals surface area contributed by atoms with E-state index in [9.17, 15) is 9.90 Å². The smallest absolute Gasteiger partial charge is 0.253 e. The monoisotopic (exact) mass is 284 g/mol. The molecule has 0 saturated heterocycles.